The summed E-state index contributed by atoms with van der Waals surface area (Å²) in [7, 11) is 1.65. The summed E-state index contributed by atoms with van der Waals surface area (Å²) in [6.07, 6.45) is 4.89. The lowest BCUT2D eigenvalue weighted by molar-refractivity contribution is -0.122. The van der Waals surface area contributed by atoms with Gasteiger partial charge in [0.1, 0.15) is 5.75 Å². The Balaban J connectivity index is 1.58. The summed E-state index contributed by atoms with van der Waals surface area (Å²) >= 11 is 0. The molecule has 5 nitrogen and oxygen atoms in total. The zero-order chi connectivity index (χ0) is 19.9. The first-order valence-corrected chi connectivity index (χ1v) is 9.59. The average molecular weight is 377 g/mol. The third kappa shape index (κ3) is 5.00. The molecule has 1 unspecified atom stereocenters. The Kier molecular flexibility index (Phi) is 6.48. The number of ether oxygens (including phenoxy) is 1. The van der Waals surface area contributed by atoms with Gasteiger partial charge in [-0.25, -0.2) is 4.68 Å². The van der Waals surface area contributed by atoms with Crippen molar-refractivity contribution in [3.8, 4) is 11.4 Å². The fourth-order valence-electron chi connectivity index (χ4n) is 3.16. The van der Waals surface area contributed by atoms with E-state index in [1.165, 1.54) is 0 Å². The van der Waals surface area contributed by atoms with Crippen LogP contribution in [0.3, 0.4) is 0 Å². The number of nitrogens with one attached hydrogen (secondary N) is 1. The highest BCUT2D eigenvalue weighted by atomic mass is 16.5. The van der Waals surface area contributed by atoms with Crippen molar-refractivity contribution in [1.29, 1.82) is 0 Å². The van der Waals surface area contributed by atoms with Crippen LogP contribution in [0.2, 0.25) is 0 Å². The average Bonchev–Trinajstić information content (AvgIpc) is 3.20. The molecule has 1 atom stereocenters. The molecule has 0 saturated heterocycles. The number of para-hydroxylation sites is 1. The molecule has 1 heterocycles. The van der Waals surface area contributed by atoms with Gasteiger partial charge in [0.15, 0.2) is 0 Å². The van der Waals surface area contributed by atoms with Gasteiger partial charge in [-0.2, -0.15) is 5.10 Å². The molecule has 0 fully saturated rings. The first-order valence-electron chi connectivity index (χ1n) is 9.59. The Hall–Kier alpha value is -3.08. The highest BCUT2D eigenvalue weighted by Gasteiger charge is 2.18. The molecule has 1 aromatic heterocycles. The van der Waals surface area contributed by atoms with E-state index >= 15 is 0 Å². The molecular formula is C23H27N3O2. The number of nitrogens with zero attached hydrogens (tertiary/aromatic N) is 2. The molecule has 0 aliphatic rings. The van der Waals surface area contributed by atoms with Gasteiger partial charge >= 0.3 is 0 Å². The summed E-state index contributed by atoms with van der Waals surface area (Å²) in [4.78, 5) is 12.5. The van der Waals surface area contributed by atoms with Gasteiger partial charge in [0, 0.05) is 12.6 Å². The van der Waals surface area contributed by atoms with Crippen LogP contribution in [-0.2, 0) is 11.2 Å². The van der Waals surface area contributed by atoms with Crippen molar-refractivity contribution in [2.24, 2.45) is 5.92 Å². The number of methoxy groups -OCH3 is 1. The number of aromatic nitrogens is 2. The Bertz CT molecular complexity index is 886. The molecule has 3 rings (SSSR count). The van der Waals surface area contributed by atoms with Gasteiger partial charge in [0.05, 0.1) is 25.0 Å². The normalized spacial score (nSPS) is 12.0. The molecule has 0 aliphatic heterocycles. The first kappa shape index (κ1) is 19.7. The van der Waals surface area contributed by atoms with Crippen molar-refractivity contribution in [3.05, 3.63) is 78.1 Å². The number of hydrogen-bond donors (Lipinski definition) is 1. The highest BCUT2D eigenvalue weighted by molar-refractivity contribution is 5.76. The summed E-state index contributed by atoms with van der Waals surface area (Å²) in [5.74, 6) is 1.15. The molecule has 5 heteroatoms. The Morgan fingerprint density at radius 3 is 2.46 bits per heavy atom. The predicted octanol–water partition coefficient (Wildman–Crippen LogP) is 4.33. The van der Waals surface area contributed by atoms with E-state index in [0.29, 0.717) is 12.8 Å². The van der Waals surface area contributed by atoms with Crippen LogP contribution >= 0.6 is 0 Å². The third-order valence-electron chi connectivity index (χ3n) is 4.76. The van der Waals surface area contributed by atoms with E-state index in [2.05, 4.69) is 24.3 Å². The number of amides is 1. The van der Waals surface area contributed by atoms with Crippen LogP contribution < -0.4 is 10.1 Å². The maximum Gasteiger partial charge on any atom is 0.220 e. The van der Waals surface area contributed by atoms with Gasteiger partial charge in [-0.05, 0) is 47.7 Å². The zero-order valence-corrected chi connectivity index (χ0v) is 16.6. The van der Waals surface area contributed by atoms with E-state index in [-0.39, 0.29) is 17.9 Å². The second-order valence-corrected chi connectivity index (χ2v) is 7.19. The Morgan fingerprint density at radius 2 is 1.82 bits per heavy atom. The van der Waals surface area contributed by atoms with Gasteiger partial charge in [-0.3, -0.25) is 4.79 Å². The highest BCUT2D eigenvalue weighted by Crippen LogP contribution is 2.24. The van der Waals surface area contributed by atoms with Gasteiger partial charge in [-0.1, -0.05) is 44.2 Å². The van der Waals surface area contributed by atoms with E-state index in [4.69, 9.17) is 4.74 Å². The third-order valence-corrected chi connectivity index (χ3v) is 4.76. The molecule has 0 aliphatic carbocycles. The summed E-state index contributed by atoms with van der Waals surface area (Å²) < 4.78 is 7.05. The number of aryl methyl sites for hydroxylation is 1. The van der Waals surface area contributed by atoms with Gasteiger partial charge in [-0.15, -0.1) is 0 Å². The zero-order valence-electron chi connectivity index (χ0n) is 16.6. The smallest absolute Gasteiger partial charge is 0.220 e. The van der Waals surface area contributed by atoms with Crippen LogP contribution in [0.4, 0.5) is 0 Å². The maximum absolute atomic E-state index is 12.5. The molecule has 0 bridgehead atoms. The summed E-state index contributed by atoms with van der Waals surface area (Å²) in [5, 5.41) is 7.56. The standard InChI is InChI=1S/C23H27N3O2/c1-17(2)23(19-10-12-21(28-3)13-11-19)25-22(27)14-9-18-15-24-26(16-18)20-7-5-4-6-8-20/h4-8,10-13,15-17,23H,9,14H2,1-3H3,(H,25,27). The van der Waals surface area contributed by atoms with Crippen molar-refractivity contribution in [2.75, 3.05) is 7.11 Å². The van der Waals surface area contributed by atoms with Crippen LogP contribution in [0.1, 0.15) is 37.4 Å². The fourth-order valence-corrected chi connectivity index (χ4v) is 3.16. The van der Waals surface area contributed by atoms with Gasteiger partial charge in [0.2, 0.25) is 5.91 Å². The van der Waals surface area contributed by atoms with Crippen molar-refractivity contribution in [2.45, 2.75) is 32.7 Å². The van der Waals surface area contributed by atoms with Crippen LogP contribution in [0, 0.1) is 5.92 Å². The summed E-state index contributed by atoms with van der Waals surface area (Å²) in [5.41, 5.74) is 3.14. The Morgan fingerprint density at radius 1 is 1.11 bits per heavy atom. The van der Waals surface area contributed by atoms with Crippen LogP contribution in [0.5, 0.6) is 5.75 Å². The van der Waals surface area contributed by atoms with Crippen LogP contribution in [0.15, 0.2) is 67.0 Å². The monoisotopic (exact) mass is 377 g/mol. The van der Waals surface area contributed by atoms with E-state index in [1.807, 2.05) is 71.7 Å². The quantitative estimate of drug-likeness (QED) is 0.636. The summed E-state index contributed by atoms with van der Waals surface area (Å²) in [6.45, 7) is 4.22. The second-order valence-electron chi connectivity index (χ2n) is 7.19. The van der Waals surface area contributed by atoms with Crippen molar-refractivity contribution in [3.63, 3.8) is 0 Å². The lowest BCUT2D eigenvalue weighted by Gasteiger charge is -2.23. The van der Waals surface area contributed by atoms with E-state index in [9.17, 15) is 4.79 Å². The molecule has 0 radical (unpaired) electrons. The molecule has 2 aromatic carbocycles. The van der Waals surface area contributed by atoms with E-state index in [1.54, 1.807) is 7.11 Å². The van der Waals surface area contributed by atoms with E-state index in [0.717, 1.165) is 22.6 Å². The molecular weight excluding hydrogens is 350 g/mol. The van der Waals surface area contributed by atoms with E-state index < -0.39 is 0 Å². The molecule has 28 heavy (non-hydrogen) atoms. The topological polar surface area (TPSA) is 56.1 Å². The van der Waals surface area contributed by atoms with Crippen LogP contribution in [-0.4, -0.2) is 22.8 Å². The number of carbonyl (C=O) groups is 1. The SMILES string of the molecule is COc1ccc(C(NC(=O)CCc2cnn(-c3ccccc3)c2)C(C)C)cc1. The number of rotatable bonds is 8. The minimum Gasteiger partial charge on any atom is -0.497 e. The maximum atomic E-state index is 12.5. The van der Waals surface area contributed by atoms with Crippen LogP contribution in [0.25, 0.3) is 5.69 Å². The van der Waals surface area contributed by atoms with Crippen molar-refractivity contribution in [1.82, 2.24) is 15.1 Å². The Labute approximate surface area is 166 Å². The minimum atomic E-state index is -0.0227. The lowest BCUT2D eigenvalue weighted by Crippen LogP contribution is -2.31. The second kappa shape index (κ2) is 9.22. The van der Waals surface area contributed by atoms with Crippen molar-refractivity contribution < 1.29 is 9.53 Å². The van der Waals surface area contributed by atoms with Crippen molar-refractivity contribution >= 4 is 5.91 Å². The van der Waals surface area contributed by atoms with Gasteiger partial charge < -0.3 is 10.1 Å². The molecule has 3 aromatic rings. The number of hydrogen-bond acceptors (Lipinski definition) is 3. The molecule has 0 saturated carbocycles. The predicted molar refractivity (Wildman–Crippen MR) is 111 cm³/mol. The number of benzene rings is 2. The minimum absolute atomic E-state index is 0.0227. The molecule has 0 spiro atoms. The lowest BCUT2D eigenvalue weighted by atomic mass is 9.95. The molecule has 146 valence electrons. The molecule has 1 amide bonds. The van der Waals surface area contributed by atoms with Gasteiger partial charge in [0.25, 0.3) is 0 Å². The fraction of sp³-hybridized carbons (Fsp3) is 0.304. The summed E-state index contributed by atoms with van der Waals surface area (Å²) in [6, 6.07) is 17.8. The molecule has 1 N–H and O–H groups in total. The number of carbonyl (C=O) groups excluding carboxylic acids is 1. The largest absolute Gasteiger partial charge is 0.497 e. The first-order chi connectivity index (χ1) is 13.6.